The lowest BCUT2D eigenvalue weighted by Gasteiger charge is -2.50. The monoisotopic (exact) mass is 525 g/mol. The summed E-state index contributed by atoms with van der Waals surface area (Å²) in [6.07, 6.45) is 0.912. The number of carbonyl (C=O) groups excluding carboxylic acids is 3. The zero-order chi connectivity index (χ0) is 27.9. The van der Waals surface area contributed by atoms with Gasteiger partial charge in [0, 0.05) is 6.54 Å². The van der Waals surface area contributed by atoms with Gasteiger partial charge in [0.2, 0.25) is 12.7 Å². The third kappa shape index (κ3) is 6.70. The number of ether oxygens (including phenoxy) is 3. The van der Waals surface area contributed by atoms with Gasteiger partial charge in [-0.3, -0.25) is 19.2 Å². The number of nitrogens with one attached hydrogen (secondary N) is 1. The van der Waals surface area contributed by atoms with Crippen molar-refractivity contribution in [1.82, 2.24) is 5.32 Å². The minimum atomic E-state index is -1.24. The van der Waals surface area contributed by atoms with Crippen LogP contribution in [0.3, 0.4) is 0 Å². The van der Waals surface area contributed by atoms with Crippen LogP contribution in [0.25, 0.3) is 0 Å². The van der Waals surface area contributed by atoms with E-state index in [0.29, 0.717) is 24.3 Å². The molecule has 1 aliphatic rings. The number of hydrogen-bond acceptors (Lipinski definition) is 7. The number of esters is 2. The average molecular weight is 526 g/mol. The van der Waals surface area contributed by atoms with Gasteiger partial charge in [0.15, 0.2) is 0 Å². The molecule has 3 rings (SSSR count). The zero-order valence-corrected chi connectivity index (χ0v) is 22.2. The van der Waals surface area contributed by atoms with Crippen LogP contribution in [0.4, 0.5) is 0 Å². The summed E-state index contributed by atoms with van der Waals surface area (Å²) in [5, 5.41) is 12.8. The summed E-state index contributed by atoms with van der Waals surface area (Å²) >= 11 is 0. The third-order valence-electron chi connectivity index (χ3n) is 6.66. The highest BCUT2D eigenvalue weighted by Crippen LogP contribution is 2.55. The largest absolute Gasteiger partial charge is 0.481 e. The molecule has 9 nitrogen and oxygen atoms in total. The molecule has 0 radical (unpaired) electrons. The maximum Gasteiger partial charge on any atom is 0.314 e. The van der Waals surface area contributed by atoms with Crippen molar-refractivity contribution in [2.24, 2.45) is 22.7 Å². The highest BCUT2D eigenvalue weighted by molar-refractivity contribution is 5.95. The lowest BCUT2D eigenvalue weighted by Crippen LogP contribution is -2.61. The molecule has 38 heavy (non-hydrogen) atoms. The highest BCUT2D eigenvalue weighted by Gasteiger charge is 2.64. The maximum absolute atomic E-state index is 13.3. The molecule has 1 fully saturated rings. The Kier molecular flexibility index (Phi) is 9.14. The van der Waals surface area contributed by atoms with E-state index in [1.54, 1.807) is 32.9 Å². The number of hydrogen-bond donors (Lipinski definition) is 2. The maximum atomic E-state index is 13.3. The van der Waals surface area contributed by atoms with Crippen molar-refractivity contribution in [3.63, 3.8) is 0 Å². The summed E-state index contributed by atoms with van der Waals surface area (Å²) < 4.78 is 15.8. The zero-order valence-electron chi connectivity index (χ0n) is 22.2. The predicted octanol–water partition coefficient (Wildman–Crippen LogP) is 4.69. The van der Waals surface area contributed by atoms with Crippen LogP contribution in [0, 0.1) is 22.7 Å². The topological polar surface area (TPSA) is 128 Å². The minimum absolute atomic E-state index is 0.0412. The Bertz CT molecular complexity index is 1140. The number of para-hydroxylation sites is 1. The molecule has 204 valence electrons. The molecule has 1 saturated carbocycles. The predicted molar refractivity (Wildman–Crippen MR) is 138 cm³/mol. The van der Waals surface area contributed by atoms with Crippen LogP contribution in [0.1, 0.15) is 52.5 Å². The van der Waals surface area contributed by atoms with Crippen molar-refractivity contribution >= 4 is 23.8 Å². The summed E-state index contributed by atoms with van der Waals surface area (Å²) in [6.45, 7) is 6.43. The van der Waals surface area contributed by atoms with E-state index >= 15 is 0 Å². The van der Waals surface area contributed by atoms with Gasteiger partial charge in [-0.25, -0.2) is 0 Å². The van der Waals surface area contributed by atoms with Gasteiger partial charge >= 0.3 is 17.9 Å². The van der Waals surface area contributed by atoms with Gasteiger partial charge in [-0.2, -0.15) is 0 Å². The molecule has 0 bridgehead atoms. The number of aliphatic carboxylic acids is 1. The number of carboxylic acid groups (broad SMARTS) is 1. The van der Waals surface area contributed by atoms with E-state index in [1.165, 1.54) is 0 Å². The highest BCUT2D eigenvalue weighted by atomic mass is 16.7. The Balaban J connectivity index is 1.60. The lowest BCUT2D eigenvalue weighted by atomic mass is 9.51. The molecule has 0 spiro atoms. The summed E-state index contributed by atoms with van der Waals surface area (Å²) in [4.78, 5) is 50.0. The van der Waals surface area contributed by atoms with Crippen molar-refractivity contribution in [2.75, 3.05) is 6.79 Å². The summed E-state index contributed by atoms with van der Waals surface area (Å²) in [7, 11) is 0. The molecule has 0 aliphatic heterocycles. The second kappa shape index (κ2) is 12.1. The van der Waals surface area contributed by atoms with Crippen LogP contribution >= 0.6 is 0 Å². The molecule has 0 aromatic heterocycles. The quantitative estimate of drug-likeness (QED) is 0.319. The number of benzene rings is 2. The van der Waals surface area contributed by atoms with Crippen LogP contribution in [0.15, 0.2) is 54.6 Å². The Morgan fingerprint density at radius 1 is 0.974 bits per heavy atom. The molecule has 1 amide bonds. The Morgan fingerprint density at radius 3 is 2.18 bits per heavy atom. The Morgan fingerprint density at radius 2 is 1.61 bits per heavy atom. The van der Waals surface area contributed by atoms with E-state index in [0.717, 1.165) is 5.56 Å². The number of amides is 1. The smallest absolute Gasteiger partial charge is 0.314 e. The molecule has 2 N–H and O–H groups in total. The normalized spacial score (nSPS) is 20.5. The first kappa shape index (κ1) is 28.7. The SMILES string of the molecule is CCCC1(C(=O)NCc2ccc(Oc3ccccc3)cc2)CC(C(=O)OCOC(=O)C(C)(C)C)C1C(=O)O. The van der Waals surface area contributed by atoms with Crippen molar-refractivity contribution in [3.05, 3.63) is 60.2 Å². The molecular formula is C29H35NO8. The molecule has 2 aromatic carbocycles. The van der Waals surface area contributed by atoms with E-state index in [-0.39, 0.29) is 13.0 Å². The molecule has 1 aliphatic carbocycles. The van der Waals surface area contributed by atoms with E-state index in [1.807, 2.05) is 49.4 Å². The van der Waals surface area contributed by atoms with Gasteiger partial charge < -0.3 is 24.6 Å². The van der Waals surface area contributed by atoms with E-state index < -0.39 is 53.3 Å². The number of rotatable bonds is 11. The van der Waals surface area contributed by atoms with Gasteiger partial charge in [-0.15, -0.1) is 0 Å². The van der Waals surface area contributed by atoms with Crippen molar-refractivity contribution in [1.29, 1.82) is 0 Å². The molecule has 3 atom stereocenters. The molecule has 0 saturated heterocycles. The molecule has 3 unspecified atom stereocenters. The van der Waals surface area contributed by atoms with E-state index in [4.69, 9.17) is 14.2 Å². The van der Waals surface area contributed by atoms with Crippen molar-refractivity contribution in [3.8, 4) is 11.5 Å². The third-order valence-corrected chi connectivity index (χ3v) is 6.66. The van der Waals surface area contributed by atoms with Gasteiger partial charge in [-0.05, 0) is 63.4 Å². The van der Waals surface area contributed by atoms with Crippen LogP contribution in [-0.4, -0.2) is 35.7 Å². The Labute approximate surface area is 222 Å². The van der Waals surface area contributed by atoms with E-state index in [9.17, 15) is 24.3 Å². The van der Waals surface area contributed by atoms with Crippen LogP contribution in [0.5, 0.6) is 11.5 Å². The number of carboxylic acids is 1. The number of carbonyl (C=O) groups is 4. The van der Waals surface area contributed by atoms with Gasteiger partial charge in [0.05, 0.1) is 22.7 Å². The fourth-order valence-electron chi connectivity index (χ4n) is 4.66. The first-order valence-corrected chi connectivity index (χ1v) is 12.6. The molecule has 9 heteroatoms. The van der Waals surface area contributed by atoms with Gasteiger partial charge in [-0.1, -0.05) is 43.7 Å². The second-order valence-electron chi connectivity index (χ2n) is 10.5. The Hall–Kier alpha value is -3.88. The summed E-state index contributed by atoms with van der Waals surface area (Å²) in [5.74, 6) is -3.90. The fraction of sp³-hybridized carbons (Fsp3) is 0.448. The van der Waals surface area contributed by atoms with Crippen molar-refractivity contribution < 1.29 is 38.5 Å². The molecule has 0 heterocycles. The second-order valence-corrected chi connectivity index (χ2v) is 10.5. The lowest BCUT2D eigenvalue weighted by molar-refractivity contribution is -0.194. The first-order valence-electron chi connectivity index (χ1n) is 12.6. The first-order chi connectivity index (χ1) is 18.0. The van der Waals surface area contributed by atoms with E-state index in [2.05, 4.69) is 5.32 Å². The van der Waals surface area contributed by atoms with Crippen LogP contribution in [-0.2, 0) is 35.2 Å². The summed E-state index contributed by atoms with van der Waals surface area (Å²) in [6, 6.07) is 16.6. The molecule has 2 aromatic rings. The standard InChI is InChI=1S/C29H35NO8/c1-5-15-29(16-22(23(29)24(31)32)25(33)36-18-37-27(35)28(2,3)4)26(34)30-17-19-11-13-21(14-12-19)38-20-9-7-6-8-10-20/h6-14,22-23H,5,15-18H2,1-4H3,(H,30,34)(H,31,32). The molecular weight excluding hydrogens is 490 g/mol. The average Bonchev–Trinajstić information content (AvgIpc) is 2.85. The fourth-order valence-corrected chi connectivity index (χ4v) is 4.66. The van der Waals surface area contributed by atoms with Gasteiger partial charge in [0.25, 0.3) is 0 Å². The van der Waals surface area contributed by atoms with Crippen LogP contribution in [0.2, 0.25) is 0 Å². The van der Waals surface area contributed by atoms with Crippen molar-refractivity contribution in [2.45, 2.75) is 53.5 Å². The van der Waals surface area contributed by atoms with Crippen LogP contribution < -0.4 is 10.1 Å². The van der Waals surface area contributed by atoms with Gasteiger partial charge in [0.1, 0.15) is 11.5 Å². The minimum Gasteiger partial charge on any atom is -0.481 e. The summed E-state index contributed by atoms with van der Waals surface area (Å²) in [5.41, 5.74) is -1.19.